The fourth-order valence-corrected chi connectivity index (χ4v) is 3.55. The van der Waals surface area contributed by atoms with Crippen molar-refractivity contribution in [2.75, 3.05) is 11.1 Å². The molecule has 1 atom stereocenters. The molecule has 0 fully saturated rings. The molecule has 1 aromatic heterocycles. The van der Waals surface area contributed by atoms with Gasteiger partial charge in [-0.15, -0.1) is 10.2 Å². The van der Waals surface area contributed by atoms with Gasteiger partial charge in [-0.2, -0.15) is 4.98 Å². The third-order valence-corrected chi connectivity index (χ3v) is 5.12. The minimum absolute atomic E-state index is 0.0713. The number of ether oxygens (including phenoxy) is 1. The number of hydrogen-bond donors (Lipinski definition) is 2. The maximum Gasteiger partial charge on any atom is 0.318 e. The normalized spacial score (nSPS) is 14.4. The van der Waals surface area contributed by atoms with Gasteiger partial charge in [0, 0.05) is 17.3 Å². The Labute approximate surface area is 178 Å². The summed E-state index contributed by atoms with van der Waals surface area (Å²) in [6.45, 7) is 1.92. The molecule has 0 saturated heterocycles. The molecule has 2 heterocycles. The van der Waals surface area contributed by atoms with Gasteiger partial charge >= 0.3 is 5.69 Å². The summed E-state index contributed by atoms with van der Waals surface area (Å²) in [7, 11) is 0. The summed E-state index contributed by atoms with van der Waals surface area (Å²) >= 11 is 1.34. The average molecular weight is 442 g/mol. The molecule has 0 amide bonds. The maximum atomic E-state index is 11.3. The summed E-state index contributed by atoms with van der Waals surface area (Å²) in [5.41, 5.74) is -0.113. The van der Waals surface area contributed by atoms with Crippen molar-refractivity contribution in [1.82, 2.24) is 15.2 Å². The van der Waals surface area contributed by atoms with Crippen LogP contribution in [0.2, 0.25) is 0 Å². The molecule has 158 valence electrons. The number of nitrogens with zero attached hydrogens (tertiary/aromatic N) is 5. The van der Waals surface area contributed by atoms with Crippen LogP contribution in [0, 0.1) is 20.2 Å². The van der Waals surface area contributed by atoms with Crippen LogP contribution in [0.25, 0.3) is 11.3 Å². The Hall–Kier alpha value is -4.00. The number of anilines is 1. The first-order valence-electron chi connectivity index (χ1n) is 8.94. The SMILES string of the molecule is CCSc1nnc2c(n1)O[C@H](c1cc([N+](=O)[O-])cc([N+](=O)[O-])c1O)Nc1ccccc1-2. The van der Waals surface area contributed by atoms with Crippen molar-refractivity contribution in [2.45, 2.75) is 18.3 Å². The van der Waals surface area contributed by atoms with Crippen LogP contribution < -0.4 is 10.1 Å². The molecule has 31 heavy (non-hydrogen) atoms. The molecule has 0 aliphatic carbocycles. The molecule has 12 nitrogen and oxygen atoms in total. The average Bonchev–Trinajstić information content (AvgIpc) is 2.90. The van der Waals surface area contributed by atoms with Crippen molar-refractivity contribution in [1.29, 1.82) is 0 Å². The lowest BCUT2D eigenvalue weighted by Gasteiger charge is -2.20. The van der Waals surface area contributed by atoms with Crippen LogP contribution in [-0.4, -0.2) is 35.9 Å². The fraction of sp³-hybridized carbons (Fsp3) is 0.167. The van der Waals surface area contributed by atoms with Crippen molar-refractivity contribution in [3.8, 4) is 22.9 Å². The molecule has 0 saturated carbocycles. The predicted octanol–water partition coefficient (Wildman–Crippen LogP) is 3.68. The maximum absolute atomic E-state index is 11.3. The third-order valence-electron chi connectivity index (χ3n) is 4.40. The number of fused-ring (bicyclic) bond motifs is 3. The van der Waals surface area contributed by atoms with Gasteiger partial charge in [0.15, 0.2) is 5.69 Å². The molecule has 2 aromatic carbocycles. The first-order chi connectivity index (χ1) is 14.9. The van der Waals surface area contributed by atoms with E-state index in [9.17, 15) is 25.3 Å². The zero-order valence-electron chi connectivity index (χ0n) is 15.9. The summed E-state index contributed by atoms with van der Waals surface area (Å²) < 4.78 is 5.92. The van der Waals surface area contributed by atoms with E-state index in [1.165, 1.54) is 11.8 Å². The lowest BCUT2D eigenvalue weighted by molar-refractivity contribution is -0.394. The van der Waals surface area contributed by atoms with E-state index in [2.05, 4.69) is 20.5 Å². The Bertz CT molecular complexity index is 1210. The number of benzene rings is 2. The Morgan fingerprint density at radius 2 is 1.97 bits per heavy atom. The Kier molecular flexibility index (Phi) is 5.25. The van der Waals surface area contributed by atoms with Crippen molar-refractivity contribution >= 4 is 28.8 Å². The number of aromatic hydroxyl groups is 1. The van der Waals surface area contributed by atoms with E-state index in [-0.39, 0.29) is 11.4 Å². The quantitative estimate of drug-likeness (QED) is 0.336. The van der Waals surface area contributed by atoms with Crippen LogP contribution in [0.4, 0.5) is 17.1 Å². The molecule has 0 radical (unpaired) electrons. The van der Waals surface area contributed by atoms with Crippen molar-refractivity contribution in [2.24, 2.45) is 0 Å². The van der Waals surface area contributed by atoms with E-state index in [0.717, 1.165) is 6.07 Å². The number of para-hydroxylation sites is 1. The summed E-state index contributed by atoms with van der Waals surface area (Å²) in [4.78, 5) is 25.3. The first kappa shape index (κ1) is 20.3. The minimum atomic E-state index is -1.22. The van der Waals surface area contributed by atoms with Crippen LogP contribution in [0.15, 0.2) is 41.6 Å². The summed E-state index contributed by atoms with van der Waals surface area (Å²) in [5.74, 6) is 0.0116. The Morgan fingerprint density at radius 1 is 1.19 bits per heavy atom. The summed E-state index contributed by atoms with van der Waals surface area (Å²) in [6, 6.07) is 8.69. The Balaban J connectivity index is 1.91. The molecule has 4 rings (SSSR count). The highest BCUT2D eigenvalue weighted by atomic mass is 32.2. The number of rotatable bonds is 5. The third kappa shape index (κ3) is 3.77. The lowest BCUT2D eigenvalue weighted by Crippen LogP contribution is -2.18. The van der Waals surface area contributed by atoms with Crippen molar-refractivity contribution in [3.63, 3.8) is 0 Å². The molecule has 1 aliphatic heterocycles. The van der Waals surface area contributed by atoms with Gasteiger partial charge in [0.1, 0.15) is 0 Å². The molecule has 13 heteroatoms. The minimum Gasteiger partial charge on any atom is -0.502 e. The van der Waals surface area contributed by atoms with Crippen molar-refractivity contribution in [3.05, 3.63) is 62.2 Å². The number of thioether (sulfide) groups is 1. The molecule has 0 spiro atoms. The van der Waals surface area contributed by atoms with E-state index in [1.807, 2.05) is 6.92 Å². The second kappa shape index (κ2) is 8.02. The molecule has 2 N–H and O–H groups in total. The summed E-state index contributed by atoms with van der Waals surface area (Å²) in [5, 5.41) is 44.8. The van der Waals surface area contributed by atoms with Crippen LogP contribution >= 0.6 is 11.8 Å². The number of hydrogen-bond acceptors (Lipinski definition) is 11. The number of phenolic OH excluding ortho intramolecular Hbond substituents is 1. The van der Waals surface area contributed by atoms with Gasteiger partial charge in [0.05, 0.1) is 21.5 Å². The first-order valence-corrected chi connectivity index (χ1v) is 9.93. The molecular weight excluding hydrogens is 428 g/mol. The number of nitro benzene ring substituents is 2. The topological polar surface area (TPSA) is 166 Å². The zero-order chi connectivity index (χ0) is 22.1. The van der Waals surface area contributed by atoms with Crippen molar-refractivity contribution < 1.29 is 19.7 Å². The second-order valence-electron chi connectivity index (χ2n) is 6.29. The fourth-order valence-electron chi connectivity index (χ4n) is 3.05. The number of nitrogens with one attached hydrogen (secondary N) is 1. The van der Waals surface area contributed by atoms with Gasteiger partial charge in [-0.25, -0.2) is 0 Å². The van der Waals surface area contributed by atoms with Gasteiger partial charge in [0.25, 0.3) is 5.69 Å². The zero-order valence-corrected chi connectivity index (χ0v) is 16.7. The standard InChI is InChI=1S/C18H14N6O6S/c1-2-31-18-20-17-14(21-22-18)10-5-3-4-6-12(10)19-16(30-17)11-7-9(23(26)27)8-13(15(11)25)24(28)29/h3-8,16,19,25H,2H2,1H3/t16-/m1/s1. The van der Waals surface area contributed by atoms with Crippen LogP contribution in [0.3, 0.4) is 0 Å². The van der Waals surface area contributed by atoms with Gasteiger partial charge in [0.2, 0.25) is 23.0 Å². The molecule has 0 unspecified atom stereocenters. The molecule has 0 bridgehead atoms. The lowest BCUT2D eigenvalue weighted by atomic mass is 10.1. The number of aromatic nitrogens is 3. The highest BCUT2D eigenvalue weighted by Gasteiger charge is 2.32. The van der Waals surface area contributed by atoms with E-state index < -0.39 is 33.2 Å². The van der Waals surface area contributed by atoms with Gasteiger partial charge in [-0.3, -0.25) is 20.2 Å². The molecular formula is C18H14N6O6S. The van der Waals surface area contributed by atoms with Crippen LogP contribution in [0.5, 0.6) is 11.6 Å². The number of nitro groups is 2. The number of phenols is 1. The van der Waals surface area contributed by atoms with Gasteiger partial charge < -0.3 is 15.2 Å². The highest BCUT2D eigenvalue weighted by Crippen LogP contribution is 2.44. The van der Waals surface area contributed by atoms with E-state index in [0.29, 0.717) is 33.9 Å². The monoisotopic (exact) mass is 442 g/mol. The predicted molar refractivity (Wildman–Crippen MR) is 110 cm³/mol. The summed E-state index contributed by atoms with van der Waals surface area (Å²) in [6.07, 6.45) is -1.22. The van der Waals surface area contributed by atoms with Crippen LogP contribution in [0.1, 0.15) is 18.7 Å². The van der Waals surface area contributed by atoms with Crippen LogP contribution in [-0.2, 0) is 0 Å². The molecule has 1 aliphatic rings. The number of non-ortho nitro benzene ring substituents is 1. The van der Waals surface area contributed by atoms with E-state index in [4.69, 9.17) is 4.74 Å². The van der Waals surface area contributed by atoms with Gasteiger partial charge in [-0.1, -0.05) is 36.9 Å². The van der Waals surface area contributed by atoms with E-state index >= 15 is 0 Å². The highest BCUT2D eigenvalue weighted by molar-refractivity contribution is 7.99. The Morgan fingerprint density at radius 3 is 2.68 bits per heavy atom. The smallest absolute Gasteiger partial charge is 0.318 e. The molecule has 3 aromatic rings. The van der Waals surface area contributed by atoms with Gasteiger partial charge in [-0.05, 0) is 11.8 Å². The largest absolute Gasteiger partial charge is 0.502 e. The van der Waals surface area contributed by atoms with E-state index in [1.54, 1.807) is 24.3 Å². The second-order valence-corrected chi connectivity index (χ2v) is 7.52.